The minimum atomic E-state index is -0.175. The number of carbonyl (C=O) groups is 1. The van der Waals surface area contributed by atoms with Gasteiger partial charge in [-0.2, -0.15) is 0 Å². The number of carbonyl (C=O) groups excluding carboxylic acids is 1. The van der Waals surface area contributed by atoms with E-state index in [1.807, 2.05) is 60.7 Å². The molecule has 0 aromatic heterocycles. The molecule has 3 aromatic rings. The Morgan fingerprint density at radius 3 is 2.46 bits per heavy atom. The third-order valence-corrected chi connectivity index (χ3v) is 3.91. The zero-order valence-electron chi connectivity index (χ0n) is 14.6. The third-order valence-electron chi connectivity index (χ3n) is 3.91. The SMILES string of the molecule is COCCOc1cccc(C(=O)Nc2ccccc2-c2ccccc2)c1. The second kappa shape index (κ2) is 8.83. The summed E-state index contributed by atoms with van der Waals surface area (Å²) in [5.41, 5.74) is 3.35. The smallest absolute Gasteiger partial charge is 0.255 e. The summed E-state index contributed by atoms with van der Waals surface area (Å²) in [5.74, 6) is 0.469. The molecule has 3 aromatic carbocycles. The van der Waals surface area contributed by atoms with Gasteiger partial charge in [-0.1, -0.05) is 54.6 Å². The summed E-state index contributed by atoms with van der Waals surface area (Å²) < 4.78 is 10.5. The van der Waals surface area contributed by atoms with Gasteiger partial charge in [0, 0.05) is 23.9 Å². The predicted octanol–water partition coefficient (Wildman–Crippen LogP) is 4.63. The van der Waals surface area contributed by atoms with Crippen LogP contribution in [-0.2, 0) is 4.74 Å². The van der Waals surface area contributed by atoms with Crippen LogP contribution in [-0.4, -0.2) is 26.2 Å². The van der Waals surface area contributed by atoms with E-state index in [2.05, 4.69) is 5.32 Å². The first-order valence-corrected chi connectivity index (χ1v) is 8.45. The molecule has 0 saturated heterocycles. The molecular weight excluding hydrogens is 326 g/mol. The van der Waals surface area contributed by atoms with Crippen LogP contribution < -0.4 is 10.1 Å². The molecule has 0 aliphatic rings. The molecule has 132 valence electrons. The van der Waals surface area contributed by atoms with Gasteiger partial charge in [0.15, 0.2) is 0 Å². The predicted molar refractivity (Wildman–Crippen MR) is 104 cm³/mol. The van der Waals surface area contributed by atoms with Gasteiger partial charge in [0.05, 0.1) is 6.61 Å². The first-order chi connectivity index (χ1) is 12.8. The average molecular weight is 347 g/mol. The Morgan fingerprint density at radius 2 is 1.65 bits per heavy atom. The number of ether oxygens (including phenoxy) is 2. The Hall–Kier alpha value is -3.11. The van der Waals surface area contributed by atoms with Crippen LogP contribution in [0.25, 0.3) is 11.1 Å². The molecule has 0 bridgehead atoms. The molecule has 0 saturated carbocycles. The lowest BCUT2D eigenvalue weighted by Crippen LogP contribution is -2.13. The number of hydrogen-bond donors (Lipinski definition) is 1. The van der Waals surface area contributed by atoms with Gasteiger partial charge in [0.1, 0.15) is 12.4 Å². The topological polar surface area (TPSA) is 47.6 Å². The van der Waals surface area contributed by atoms with Crippen LogP contribution in [0, 0.1) is 0 Å². The highest BCUT2D eigenvalue weighted by atomic mass is 16.5. The fraction of sp³-hybridized carbons (Fsp3) is 0.136. The minimum Gasteiger partial charge on any atom is -0.491 e. The van der Waals surface area contributed by atoms with Crippen molar-refractivity contribution >= 4 is 11.6 Å². The summed E-state index contributed by atoms with van der Waals surface area (Å²) in [6.07, 6.45) is 0. The van der Waals surface area contributed by atoms with Crippen molar-refractivity contribution < 1.29 is 14.3 Å². The van der Waals surface area contributed by atoms with Crippen molar-refractivity contribution in [1.82, 2.24) is 0 Å². The maximum Gasteiger partial charge on any atom is 0.255 e. The quantitative estimate of drug-likeness (QED) is 0.634. The van der Waals surface area contributed by atoms with E-state index in [9.17, 15) is 4.79 Å². The van der Waals surface area contributed by atoms with E-state index < -0.39 is 0 Å². The van der Waals surface area contributed by atoms with Gasteiger partial charge in [-0.25, -0.2) is 0 Å². The van der Waals surface area contributed by atoms with Gasteiger partial charge < -0.3 is 14.8 Å². The Bertz CT molecular complexity index is 862. The third kappa shape index (κ3) is 4.49. The molecule has 1 amide bonds. The maximum atomic E-state index is 12.7. The summed E-state index contributed by atoms with van der Waals surface area (Å²) in [7, 11) is 1.62. The second-order valence-electron chi connectivity index (χ2n) is 5.73. The zero-order valence-corrected chi connectivity index (χ0v) is 14.6. The van der Waals surface area contributed by atoms with E-state index in [1.165, 1.54) is 0 Å². The Morgan fingerprint density at radius 1 is 0.885 bits per heavy atom. The lowest BCUT2D eigenvalue weighted by molar-refractivity contribution is 0.102. The molecule has 1 N–H and O–H groups in total. The molecule has 0 atom stereocenters. The van der Waals surface area contributed by atoms with E-state index in [1.54, 1.807) is 25.3 Å². The van der Waals surface area contributed by atoms with Crippen molar-refractivity contribution in [2.45, 2.75) is 0 Å². The summed E-state index contributed by atoms with van der Waals surface area (Å²) in [4.78, 5) is 12.7. The first kappa shape index (κ1) is 17.7. The Balaban J connectivity index is 1.78. The number of para-hydroxylation sites is 1. The standard InChI is InChI=1S/C22H21NO3/c1-25-14-15-26-19-11-7-10-18(16-19)22(24)23-21-13-6-5-12-20(21)17-8-3-2-4-9-17/h2-13,16H,14-15H2,1H3,(H,23,24). The van der Waals surface area contributed by atoms with Crippen LogP contribution in [0.4, 0.5) is 5.69 Å². The van der Waals surface area contributed by atoms with Crippen LogP contribution in [0.5, 0.6) is 5.75 Å². The number of methoxy groups -OCH3 is 1. The number of anilines is 1. The lowest BCUT2D eigenvalue weighted by atomic mass is 10.0. The van der Waals surface area contributed by atoms with Crippen LogP contribution in [0.2, 0.25) is 0 Å². The Labute approximate surface area is 153 Å². The number of benzene rings is 3. The van der Waals surface area contributed by atoms with Gasteiger partial charge in [-0.05, 0) is 29.8 Å². The van der Waals surface area contributed by atoms with E-state index in [0.29, 0.717) is 24.5 Å². The van der Waals surface area contributed by atoms with Crippen molar-refractivity contribution in [1.29, 1.82) is 0 Å². The van der Waals surface area contributed by atoms with Crippen molar-refractivity contribution in [3.8, 4) is 16.9 Å². The lowest BCUT2D eigenvalue weighted by Gasteiger charge is -2.12. The highest BCUT2D eigenvalue weighted by Gasteiger charge is 2.11. The van der Waals surface area contributed by atoms with E-state index >= 15 is 0 Å². The molecule has 0 aliphatic heterocycles. The molecule has 0 aliphatic carbocycles. The fourth-order valence-electron chi connectivity index (χ4n) is 2.63. The summed E-state index contributed by atoms with van der Waals surface area (Å²) in [6, 6.07) is 24.9. The van der Waals surface area contributed by atoms with Crippen molar-refractivity contribution in [2.75, 3.05) is 25.6 Å². The van der Waals surface area contributed by atoms with Gasteiger partial charge in [-0.15, -0.1) is 0 Å². The molecule has 0 fully saturated rings. The van der Waals surface area contributed by atoms with Crippen molar-refractivity contribution in [3.05, 3.63) is 84.4 Å². The molecule has 3 rings (SSSR count). The monoisotopic (exact) mass is 347 g/mol. The van der Waals surface area contributed by atoms with Crippen LogP contribution in [0.15, 0.2) is 78.9 Å². The van der Waals surface area contributed by atoms with Crippen LogP contribution in [0.3, 0.4) is 0 Å². The zero-order chi connectivity index (χ0) is 18.2. The summed E-state index contributed by atoms with van der Waals surface area (Å²) >= 11 is 0. The van der Waals surface area contributed by atoms with Crippen molar-refractivity contribution in [3.63, 3.8) is 0 Å². The van der Waals surface area contributed by atoms with Gasteiger partial charge >= 0.3 is 0 Å². The van der Waals surface area contributed by atoms with Crippen molar-refractivity contribution in [2.24, 2.45) is 0 Å². The molecule has 0 spiro atoms. The second-order valence-corrected chi connectivity index (χ2v) is 5.73. The number of nitrogens with one attached hydrogen (secondary N) is 1. The molecule has 0 heterocycles. The maximum absolute atomic E-state index is 12.7. The van der Waals surface area contributed by atoms with E-state index in [0.717, 1.165) is 16.8 Å². The number of rotatable bonds is 7. The van der Waals surface area contributed by atoms with Gasteiger partial charge in [-0.3, -0.25) is 4.79 Å². The summed E-state index contributed by atoms with van der Waals surface area (Å²) in [6.45, 7) is 0.944. The molecule has 26 heavy (non-hydrogen) atoms. The highest BCUT2D eigenvalue weighted by molar-refractivity contribution is 6.06. The fourth-order valence-corrected chi connectivity index (χ4v) is 2.63. The number of hydrogen-bond acceptors (Lipinski definition) is 3. The van der Waals surface area contributed by atoms with Crippen LogP contribution in [0.1, 0.15) is 10.4 Å². The van der Waals surface area contributed by atoms with Crippen LogP contribution >= 0.6 is 0 Å². The number of amides is 1. The molecule has 4 nitrogen and oxygen atoms in total. The normalized spacial score (nSPS) is 10.3. The average Bonchev–Trinajstić information content (AvgIpc) is 2.69. The van der Waals surface area contributed by atoms with Gasteiger partial charge in [0.25, 0.3) is 5.91 Å². The summed E-state index contributed by atoms with van der Waals surface area (Å²) in [5, 5.41) is 3.00. The van der Waals surface area contributed by atoms with E-state index in [-0.39, 0.29) is 5.91 Å². The molecule has 0 radical (unpaired) electrons. The minimum absolute atomic E-state index is 0.175. The first-order valence-electron chi connectivity index (χ1n) is 8.45. The van der Waals surface area contributed by atoms with Gasteiger partial charge in [0.2, 0.25) is 0 Å². The Kier molecular flexibility index (Phi) is 6.01. The highest BCUT2D eigenvalue weighted by Crippen LogP contribution is 2.28. The molecule has 4 heteroatoms. The molecular formula is C22H21NO3. The largest absolute Gasteiger partial charge is 0.491 e. The molecule has 0 unspecified atom stereocenters. The van der Waals surface area contributed by atoms with E-state index in [4.69, 9.17) is 9.47 Å².